The van der Waals surface area contributed by atoms with E-state index in [-0.39, 0.29) is 0 Å². The lowest BCUT2D eigenvalue weighted by atomic mass is 9.89. The number of amides is 1. The summed E-state index contributed by atoms with van der Waals surface area (Å²) >= 11 is 0. The number of hydrogen-bond donors (Lipinski definition) is 3. The molecule has 1 saturated carbocycles. The lowest BCUT2D eigenvalue weighted by Crippen LogP contribution is -2.21. The molecule has 0 bridgehead atoms. The van der Waals surface area contributed by atoms with Crippen molar-refractivity contribution in [3.05, 3.63) is 23.8 Å². The van der Waals surface area contributed by atoms with Crippen molar-refractivity contribution in [2.24, 2.45) is 11.7 Å². The quantitative estimate of drug-likeness (QED) is 0.714. The number of hydrogen-bond acceptors (Lipinski definition) is 3. The second-order valence-electron chi connectivity index (χ2n) is 5.02. The average molecular weight is 247 g/mol. The highest BCUT2D eigenvalue weighted by molar-refractivity contribution is 6.01. The summed E-state index contributed by atoms with van der Waals surface area (Å²) in [7, 11) is 0. The van der Waals surface area contributed by atoms with Gasteiger partial charge in [0.25, 0.3) is 5.91 Å². The van der Waals surface area contributed by atoms with Gasteiger partial charge in [0, 0.05) is 6.54 Å². The van der Waals surface area contributed by atoms with Crippen LogP contribution < -0.4 is 16.8 Å². The minimum absolute atomic E-state index is 0.437. The summed E-state index contributed by atoms with van der Waals surface area (Å²) in [6, 6.07) is 5.25. The summed E-state index contributed by atoms with van der Waals surface area (Å²) in [6.45, 7) is 0.870. The summed E-state index contributed by atoms with van der Waals surface area (Å²) in [4.78, 5) is 11.4. The molecule has 1 aliphatic rings. The van der Waals surface area contributed by atoms with Crippen molar-refractivity contribution >= 4 is 17.3 Å². The van der Waals surface area contributed by atoms with Crippen LogP contribution in [-0.2, 0) is 0 Å². The maximum atomic E-state index is 11.4. The van der Waals surface area contributed by atoms with Crippen LogP contribution in [0.2, 0.25) is 0 Å². The van der Waals surface area contributed by atoms with Crippen LogP contribution in [0.5, 0.6) is 0 Å². The van der Waals surface area contributed by atoms with Crippen molar-refractivity contribution in [2.45, 2.75) is 32.1 Å². The number of anilines is 2. The Morgan fingerprint density at radius 2 is 2.00 bits per heavy atom. The smallest absolute Gasteiger partial charge is 0.250 e. The minimum Gasteiger partial charge on any atom is -0.397 e. The van der Waals surface area contributed by atoms with Crippen LogP contribution in [-0.4, -0.2) is 12.5 Å². The Kier molecular flexibility index (Phi) is 4.07. The molecule has 0 aromatic heterocycles. The van der Waals surface area contributed by atoms with E-state index < -0.39 is 5.91 Å². The van der Waals surface area contributed by atoms with Gasteiger partial charge in [-0.05, 0) is 30.9 Å². The van der Waals surface area contributed by atoms with E-state index in [9.17, 15) is 4.79 Å². The summed E-state index contributed by atoms with van der Waals surface area (Å²) in [5.41, 5.74) is 13.0. The number of para-hydroxylation sites is 1. The molecule has 0 atom stereocenters. The number of benzene rings is 1. The first-order valence-corrected chi connectivity index (χ1v) is 6.60. The Bertz CT molecular complexity index is 425. The van der Waals surface area contributed by atoms with E-state index in [1.165, 1.54) is 32.1 Å². The van der Waals surface area contributed by atoms with E-state index in [2.05, 4.69) is 5.32 Å². The summed E-state index contributed by atoms with van der Waals surface area (Å²) in [5, 5.41) is 3.31. The fraction of sp³-hybridized carbons (Fsp3) is 0.500. The molecule has 5 N–H and O–H groups in total. The first-order chi connectivity index (χ1) is 8.68. The van der Waals surface area contributed by atoms with E-state index in [4.69, 9.17) is 11.5 Å². The minimum atomic E-state index is -0.437. The summed E-state index contributed by atoms with van der Waals surface area (Å²) < 4.78 is 0. The number of nitrogens with two attached hydrogens (primary N) is 2. The first kappa shape index (κ1) is 12.7. The lowest BCUT2D eigenvalue weighted by Gasteiger charge is -2.23. The van der Waals surface area contributed by atoms with Crippen molar-refractivity contribution in [1.29, 1.82) is 0 Å². The molecule has 1 aromatic rings. The molecular weight excluding hydrogens is 226 g/mol. The monoisotopic (exact) mass is 247 g/mol. The molecule has 0 aliphatic heterocycles. The molecule has 0 spiro atoms. The zero-order valence-corrected chi connectivity index (χ0v) is 10.6. The Balaban J connectivity index is 2.05. The van der Waals surface area contributed by atoms with E-state index in [1.54, 1.807) is 18.2 Å². The number of primary amides is 1. The van der Waals surface area contributed by atoms with Gasteiger partial charge in [0.05, 0.1) is 16.9 Å². The zero-order valence-electron chi connectivity index (χ0n) is 10.6. The Morgan fingerprint density at radius 3 is 2.67 bits per heavy atom. The van der Waals surface area contributed by atoms with E-state index in [0.717, 1.165) is 6.54 Å². The molecule has 4 heteroatoms. The van der Waals surface area contributed by atoms with Gasteiger partial charge in [0.2, 0.25) is 0 Å². The number of nitrogens with one attached hydrogen (secondary N) is 1. The maximum absolute atomic E-state index is 11.4. The van der Waals surface area contributed by atoms with Crippen LogP contribution in [0.4, 0.5) is 11.4 Å². The first-order valence-electron chi connectivity index (χ1n) is 6.60. The number of carbonyl (C=O) groups excluding carboxylic acids is 1. The third-order valence-electron chi connectivity index (χ3n) is 3.65. The van der Waals surface area contributed by atoms with E-state index >= 15 is 0 Å². The highest BCUT2D eigenvalue weighted by atomic mass is 16.1. The van der Waals surface area contributed by atoms with Crippen molar-refractivity contribution < 1.29 is 4.79 Å². The molecular formula is C14H21N3O. The third kappa shape index (κ3) is 2.94. The lowest BCUT2D eigenvalue weighted by molar-refractivity contribution is 0.100. The van der Waals surface area contributed by atoms with E-state index in [0.29, 0.717) is 22.9 Å². The molecule has 1 aliphatic carbocycles. The summed E-state index contributed by atoms with van der Waals surface area (Å²) in [5.74, 6) is 0.243. The SMILES string of the molecule is NC(=O)c1cccc(N)c1NCC1CCCCC1. The van der Waals surface area contributed by atoms with E-state index in [1.807, 2.05) is 0 Å². The predicted molar refractivity (Wildman–Crippen MR) is 74.4 cm³/mol. The van der Waals surface area contributed by atoms with Gasteiger partial charge in [-0.25, -0.2) is 0 Å². The van der Waals surface area contributed by atoms with Crippen molar-refractivity contribution in [3.63, 3.8) is 0 Å². The molecule has 4 nitrogen and oxygen atoms in total. The van der Waals surface area contributed by atoms with Crippen LogP contribution >= 0.6 is 0 Å². The van der Waals surface area contributed by atoms with Crippen molar-refractivity contribution in [1.82, 2.24) is 0 Å². The largest absolute Gasteiger partial charge is 0.397 e. The predicted octanol–water partition coefficient (Wildman–Crippen LogP) is 2.36. The Morgan fingerprint density at radius 1 is 1.28 bits per heavy atom. The van der Waals surface area contributed by atoms with Crippen LogP contribution in [0, 0.1) is 5.92 Å². The van der Waals surface area contributed by atoms with Gasteiger partial charge in [-0.15, -0.1) is 0 Å². The topological polar surface area (TPSA) is 81.1 Å². The normalized spacial score (nSPS) is 16.4. The fourth-order valence-corrected chi connectivity index (χ4v) is 2.61. The van der Waals surface area contributed by atoms with Gasteiger partial charge >= 0.3 is 0 Å². The highest BCUT2D eigenvalue weighted by Crippen LogP contribution is 2.27. The average Bonchev–Trinajstić information content (AvgIpc) is 2.38. The maximum Gasteiger partial charge on any atom is 0.250 e. The van der Waals surface area contributed by atoms with Gasteiger partial charge in [-0.1, -0.05) is 25.3 Å². The second kappa shape index (κ2) is 5.76. The molecule has 0 heterocycles. The van der Waals surface area contributed by atoms with Gasteiger partial charge < -0.3 is 16.8 Å². The van der Waals surface area contributed by atoms with Crippen LogP contribution in [0.15, 0.2) is 18.2 Å². The molecule has 98 valence electrons. The molecule has 0 radical (unpaired) electrons. The van der Waals surface area contributed by atoms with Gasteiger partial charge in [-0.2, -0.15) is 0 Å². The number of rotatable bonds is 4. The van der Waals surface area contributed by atoms with Crippen LogP contribution in [0.1, 0.15) is 42.5 Å². The molecule has 0 saturated heterocycles. The molecule has 1 aromatic carbocycles. The molecule has 1 fully saturated rings. The van der Waals surface area contributed by atoms with Gasteiger partial charge in [-0.3, -0.25) is 4.79 Å². The fourth-order valence-electron chi connectivity index (χ4n) is 2.61. The molecule has 18 heavy (non-hydrogen) atoms. The van der Waals surface area contributed by atoms with Crippen LogP contribution in [0.3, 0.4) is 0 Å². The Hall–Kier alpha value is -1.71. The number of nitrogen functional groups attached to an aromatic ring is 1. The second-order valence-corrected chi connectivity index (χ2v) is 5.02. The molecule has 1 amide bonds. The highest BCUT2D eigenvalue weighted by Gasteiger charge is 2.15. The van der Waals surface area contributed by atoms with Gasteiger partial charge in [0.15, 0.2) is 0 Å². The van der Waals surface area contributed by atoms with Gasteiger partial charge in [0.1, 0.15) is 0 Å². The van der Waals surface area contributed by atoms with Crippen molar-refractivity contribution in [2.75, 3.05) is 17.6 Å². The van der Waals surface area contributed by atoms with Crippen molar-refractivity contribution in [3.8, 4) is 0 Å². The Labute approximate surface area is 108 Å². The number of carbonyl (C=O) groups is 1. The standard InChI is InChI=1S/C14H21N3O/c15-12-8-4-7-11(14(16)18)13(12)17-9-10-5-2-1-3-6-10/h4,7-8,10,17H,1-3,5-6,9,15H2,(H2,16,18). The third-order valence-corrected chi connectivity index (χ3v) is 3.65. The van der Waals surface area contributed by atoms with Crippen LogP contribution in [0.25, 0.3) is 0 Å². The molecule has 0 unspecified atom stereocenters. The molecule has 2 rings (SSSR count). The summed E-state index contributed by atoms with van der Waals surface area (Å²) in [6.07, 6.45) is 6.46. The zero-order chi connectivity index (χ0) is 13.0.